The number of hydrogen-bond donors (Lipinski definition) is 0. The molecule has 0 aliphatic carbocycles. The molecule has 0 spiro atoms. The van der Waals surface area contributed by atoms with Gasteiger partial charge in [-0.3, -0.25) is 4.79 Å². The first-order valence-corrected chi connectivity index (χ1v) is 5.79. The quantitative estimate of drug-likeness (QED) is 0.776. The molecular weight excluding hydrogens is 242 g/mol. The molecule has 1 atom stereocenters. The number of benzene rings is 1. The lowest BCUT2D eigenvalue weighted by Crippen LogP contribution is -2.31. The van der Waals surface area contributed by atoms with Gasteiger partial charge in [0.2, 0.25) is 12.7 Å². The van der Waals surface area contributed by atoms with E-state index in [1.165, 1.54) is 0 Å². The highest BCUT2D eigenvalue weighted by atomic mass is 35.5. The van der Waals surface area contributed by atoms with Crippen molar-refractivity contribution in [1.82, 2.24) is 4.90 Å². The first-order chi connectivity index (χ1) is 8.08. The second-order valence-corrected chi connectivity index (χ2v) is 4.65. The largest absolute Gasteiger partial charge is 0.454 e. The SMILES string of the molecule is CC(Cl)C(=O)N(C)Cc1ccc2c(c1)OCO2. The molecular formula is C12H14ClNO3. The number of halogens is 1. The van der Waals surface area contributed by atoms with Gasteiger partial charge in [0.25, 0.3) is 0 Å². The molecule has 0 saturated heterocycles. The summed E-state index contributed by atoms with van der Waals surface area (Å²) < 4.78 is 10.5. The van der Waals surface area contributed by atoms with Crippen molar-refractivity contribution in [2.24, 2.45) is 0 Å². The number of ether oxygens (including phenoxy) is 2. The summed E-state index contributed by atoms with van der Waals surface area (Å²) in [6, 6.07) is 5.64. The molecule has 0 N–H and O–H groups in total. The van der Waals surface area contributed by atoms with Gasteiger partial charge in [-0.2, -0.15) is 0 Å². The van der Waals surface area contributed by atoms with Gasteiger partial charge >= 0.3 is 0 Å². The fourth-order valence-electron chi connectivity index (χ4n) is 1.69. The molecule has 0 aromatic heterocycles. The Balaban J connectivity index is 2.06. The maximum atomic E-state index is 11.6. The van der Waals surface area contributed by atoms with E-state index in [2.05, 4.69) is 0 Å². The van der Waals surface area contributed by atoms with Gasteiger partial charge in [0.1, 0.15) is 5.38 Å². The third kappa shape index (κ3) is 2.64. The molecule has 1 aromatic carbocycles. The van der Waals surface area contributed by atoms with Crippen molar-refractivity contribution in [3.63, 3.8) is 0 Å². The Morgan fingerprint density at radius 2 is 2.18 bits per heavy atom. The highest BCUT2D eigenvalue weighted by Gasteiger charge is 2.17. The van der Waals surface area contributed by atoms with E-state index in [0.717, 1.165) is 17.1 Å². The van der Waals surface area contributed by atoms with Crippen molar-refractivity contribution >= 4 is 17.5 Å². The van der Waals surface area contributed by atoms with Gasteiger partial charge in [-0.05, 0) is 24.6 Å². The van der Waals surface area contributed by atoms with Crippen molar-refractivity contribution in [1.29, 1.82) is 0 Å². The number of hydrogen-bond acceptors (Lipinski definition) is 3. The lowest BCUT2D eigenvalue weighted by Gasteiger charge is -2.18. The normalized spacial score (nSPS) is 14.5. The van der Waals surface area contributed by atoms with E-state index in [0.29, 0.717) is 6.54 Å². The van der Waals surface area contributed by atoms with Crippen LogP contribution in [-0.4, -0.2) is 30.0 Å². The van der Waals surface area contributed by atoms with Crippen molar-refractivity contribution < 1.29 is 14.3 Å². The van der Waals surface area contributed by atoms with E-state index in [4.69, 9.17) is 21.1 Å². The van der Waals surface area contributed by atoms with E-state index >= 15 is 0 Å². The fourth-order valence-corrected chi connectivity index (χ4v) is 1.86. The zero-order valence-corrected chi connectivity index (χ0v) is 10.5. The standard InChI is InChI=1S/C12H14ClNO3/c1-8(13)12(15)14(2)6-9-3-4-10-11(5-9)17-7-16-10/h3-5,8H,6-7H2,1-2H3. The molecule has 92 valence electrons. The van der Waals surface area contributed by atoms with Crippen LogP contribution in [0.1, 0.15) is 12.5 Å². The number of amides is 1. The van der Waals surface area contributed by atoms with Gasteiger partial charge < -0.3 is 14.4 Å². The predicted molar refractivity (Wildman–Crippen MR) is 64.4 cm³/mol. The van der Waals surface area contributed by atoms with Crippen LogP contribution < -0.4 is 9.47 Å². The van der Waals surface area contributed by atoms with Crippen molar-refractivity contribution in [2.45, 2.75) is 18.8 Å². The summed E-state index contributed by atoms with van der Waals surface area (Å²) >= 11 is 5.75. The fraction of sp³-hybridized carbons (Fsp3) is 0.417. The molecule has 2 rings (SSSR count). The highest BCUT2D eigenvalue weighted by Crippen LogP contribution is 2.32. The second kappa shape index (κ2) is 4.84. The molecule has 1 amide bonds. The number of nitrogens with zero attached hydrogens (tertiary/aromatic N) is 1. The van der Waals surface area contributed by atoms with Crippen LogP contribution in [-0.2, 0) is 11.3 Å². The number of fused-ring (bicyclic) bond motifs is 1. The van der Waals surface area contributed by atoms with Crippen LogP contribution in [0.3, 0.4) is 0 Å². The molecule has 17 heavy (non-hydrogen) atoms. The highest BCUT2D eigenvalue weighted by molar-refractivity contribution is 6.30. The van der Waals surface area contributed by atoms with Crippen LogP contribution in [0.5, 0.6) is 11.5 Å². The van der Waals surface area contributed by atoms with Crippen molar-refractivity contribution in [3.05, 3.63) is 23.8 Å². The molecule has 0 fully saturated rings. The molecule has 4 nitrogen and oxygen atoms in total. The number of alkyl halides is 1. The zero-order chi connectivity index (χ0) is 12.4. The number of carbonyl (C=O) groups excluding carboxylic acids is 1. The topological polar surface area (TPSA) is 38.8 Å². The molecule has 1 unspecified atom stereocenters. The molecule has 1 aliphatic rings. The summed E-state index contributed by atoms with van der Waals surface area (Å²) in [6.07, 6.45) is 0. The van der Waals surface area contributed by atoms with Crippen LogP contribution in [0, 0.1) is 0 Å². The van der Waals surface area contributed by atoms with Crippen LogP contribution in [0.4, 0.5) is 0 Å². The minimum absolute atomic E-state index is 0.0932. The monoisotopic (exact) mass is 255 g/mol. The smallest absolute Gasteiger partial charge is 0.240 e. The summed E-state index contributed by atoms with van der Waals surface area (Å²) in [5, 5.41) is -0.506. The third-order valence-corrected chi connectivity index (χ3v) is 2.76. The maximum absolute atomic E-state index is 11.6. The van der Waals surface area contributed by atoms with Gasteiger partial charge in [-0.15, -0.1) is 11.6 Å². The minimum atomic E-state index is -0.506. The Kier molecular flexibility index (Phi) is 3.43. The minimum Gasteiger partial charge on any atom is -0.454 e. The van der Waals surface area contributed by atoms with Gasteiger partial charge in [0.05, 0.1) is 0 Å². The summed E-state index contributed by atoms with van der Waals surface area (Å²) in [4.78, 5) is 13.2. The first kappa shape index (κ1) is 12.0. The van der Waals surface area contributed by atoms with E-state index in [1.54, 1.807) is 18.9 Å². The summed E-state index contributed by atoms with van der Waals surface area (Å²) in [5.74, 6) is 1.38. The lowest BCUT2D eigenvalue weighted by atomic mass is 10.2. The third-order valence-electron chi connectivity index (χ3n) is 2.57. The Labute approximate surface area is 105 Å². The lowest BCUT2D eigenvalue weighted by molar-refractivity contribution is -0.129. The van der Waals surface area contributed by atoms with Gasteiger partial charge in [-0.1, -0.05) is 6.07 Å². The molecule has 1 heterocycles. The molecule has 5 heteroatoms. The van der Waals surface area contributed by atoms with E-state index in [9.17, 15) is 4.79 Å². The maximum Gasteiger partial charge on any atom is 0.240 e. The van der Waals surface area contributed by atoms with Crippen LogP contribution in [0.15, 0.2) is 18.2 Å². The van der Waals surface area contributed by atoms with Gasteiger partial charge in [-0.25, -0.2) is 0 Å². The first-order valence-electron chi connectivity index (χ1n) is 5.35. The average Bonchev–Trinajstić information content (AvgIpc) is 2.74. The average molecular weight is 256 g/mol. The molecule has 1 aromatic rings. The van der Waals surface area contributed by atoms with E-state index in [1.807, 2.05) is 18.2 Å². The van der Waals surface area contributed by atoms with Crippen LogP contribution in [0.2, 0.25) is 0 Å². The Bertz CT molecular complexity index is 434. The number of rotatable bonds is 3. The van der Waals surface area contributed by atoms with Crippen LogP contribution >= 0.6 is 11.6 Å². The summed E-state index contributed by atoms with van der Waals surface area (Å²) in [6.45, 7) is 2.43. The van der Waals surface area contributed by atoms with Gasteiger partial charge in [0.15, 0.2) is 11.5 Å². The summed E-state index contributed by atoms with van der Waals surface area (Å²) in [5.41, 5.74) is 0.988. The van der Waals surface area contributed by atoms with Crippen molar-refractivity contribution in [2.75, 3.05) is 13.8 Å². The summed E-state index contributed by atoms with van der Waals surface area (Å²) in [7, 11) is 1.73. The molecule has 0 bridgehead atoms. The molecule has 0 radical (unpaired) electrons. The van der Waals surface area contributed by atoms with Gasteiger partial charge in [0, 0.05) is 13.6 Å². The second-order valence-electron chi connectivity index (χ2n) is 4.00. The van der Waals surface area contributed by atoms with Crippen molar-refractivity contribution in [3.8, 4) is 11.5 Å². The number of carbonyl (C=O) groups is 1. The molecule has 0 saturated carbocycles. The predicted octanol–water partition coefficient (Wildman–Crippen LogP) is 2.00. The Hall–Kier alpha value is -1.42. The molecule has 1 aliphatic heterocycles. The Morgan fingerprint density at radius 1 is 1.47 bits per heavy atom. The zero-order valence-electron chi connectivity index (χ0n) is 9.77. The van der Waals surface area contributed by atoms with E-state index in [-0.39, 0.29) is 12.7 Å². The Morgan fingerprint density at radius 3 is 2.88 bits per heavy atom. The van der Waals surface area contributed by atoms with E-state index < -0.39 is 5.38 Å². The van der Waals surface area contributed by atoms with Crippen LogP contribution in [0.25, 0.3) is 0 Å².